The van der Waals surface area contributed by atoms with Gasteiger partial charge >= 0.3 is 0 Å². The van der Waals surface area contributed by atoms with Gasteiger partial charge in [0.25, 0.3) is 0 Å². The third-order valence-electron chi connectivity index (χ3n) is 12.9. The molecule has 294 valence electrons. The molecule has 13 rings (SSSR count). The van der Waals surface area contributed by atoms with Gasteiger partial charge < -0.3 is 9.32 Å². The summed E-state index contributed by atoms with van der Waals surface area (Å²) in [4.78, 5) is 2.38. The quantitative estimate of drug-likeness (QED) is 0.176. The molecule has 13 aromatic rings. The summed E-state index contributed by atoms with van der Waals surface area (Å²) >= 11 is 1.87. The molecular weight excluding hydrogens is 783 g/mol. The predicted octanol–water partition coefficient (Wildman–Crippen LogP) is 18.0. The number of nitrogens with zero attached hydrogens (tertiary/aromatic N) is 1. The highest BCUT2D eigenvalue weighted by molar-refractivity contribution is 7.26. The summed E-state index contributed by atoms with van der Waals surface area (Å²) in [5.41, 5.74) is 7.25. The molecule has 3 heteroatoms. The number of thiophene rings is 1. The molecule has 63 heavy (non-hydrogen) atoms. The zero-order chi connectivity index (χ0) is 41.4. The molecule has 0 aliphatic heterocycles. The minimum Gasteiger partial charge on any atom is -0.456 e. The van der Waals surface area contributed by atoms with Crippen molar-refractivity contribution >= 4 is 124 Å². The van der Waals surface area contributed by atoms with Crippen molar-refractivity contribution in [3.8, 4) is 11.1 Å². The van der Waals surface area contributed by atoms with Crippen molar-refractivity contribution in [2.75, 3.05) is 4.90 Å². The van der Waals surface area contributed by atoms with Gasteiger partial charge in [0.2, 0.25) is 0 Å². The van der Waals surface area contributed by atoms with Crippen molar-refractivity contribution in [1.82, 2.24) is 0 Å². The zero-order valence-corrected chi connectivity index (χ0v) is 34.9. The van der Waals surface area contributed by atoms with Crippen LogP contribution in [0.1, 0.15) is 0 Å². The lowest BCUT2D eigenvalue weighted by atomic mass is 9.92. The summed E-state index contributed by atoms with van der Waals surface area (Å²) in [5, 5.41) is 17.0. The van der Waals surface area contributed by atoms with Gasteiger partial charge in [-0.15, -0.1) is 11.3 Å². The Kier molecular flexibility index (Phi) is 8.12. The monoisotopic (exact) mass is 819 g/mol. The lowest BCUT2D eigenvalue weighted by Gasteiger charge is -2.26. The summed E-state index contributed by atoms with van der Waals surface area (Å²) in [5.74, 6) is 0. The lowest BCUT2D eigenvalue weighted by Crippen LogP contribution is -2.09. The number of anilines is 3. The van der Waals surface area contributed by atoms with E-state index in [1.165, 1.54) is 85.2 Å². The van der Waals surface area contributed by atoms with Crippen LogP contribution in [0.3, 0.4) is 0 Å². The fraction of sp³-hybridized carbons (Fsp3) is 0. The maximum Gasteiger partial charge on any atom is 0.137 e. The van der Waals surface area contributed by atoms with E-state index in [1.54, 1.807) is 0 Å². The summed E-state index contributed by atoms with van der Waals surface area (Å²) in [7, 11) is 0. The number of hydrogen-bond donors (Lipinski definition) is 0. The van der Waals surface area contributed by atoms with Crippen LogP contribution in [0.2, 0.25) is 0 Å². The Labute approximate surface area is 367 Å². The molecule has 0 saturated heterocycles. The average Bonchev–Trinajstić information content (AvgIpc) is 3.92. The normalized spacial score (nSPS) is 11.8. The first-order valence-corrected chi connectivity index (χ1v) is 22.3. The number of rotatable bonds is 4. The van der Waals surface area contributed by atoms with Crippen molar-refractivity contribution in [1.29, 1.82) is 0 Å². The molecule has 0 fully saturated rings. The Morgan fingerprint density at radius 3 is 1.43 bits per heavy atom. The van der Waals surface area contributed by atoms with E-state index in [0.29, 0.717) is 0 Å². The van der Waals surface area contributed by atoms with E-state index in [9.17, 15) is 0 Å². The van der Waals surface area contributed by atoms with Gasteiger partial charge in [-0.05, 0) is 120 Å². The number of fused-ring (bicyclic) bond motifs is 17. The van der Waals surface area contributed by atoms with Gasteiger partial charge in [0.05, 0.1) is 0 Å². The van der Waals surface area contributed by atoms with Crippen LogP contribution in [0.5, 0.6) is 0 Å². The van der Waals surface area contributed by atoms with Crippen LogP contribution in [0.15, 0.2) is 229 Å². The van der Waals surface area contributed by atoms with E-state index < -0.39 is 0 Å². The molecule has 2 heterocycles. The van der Waals surface area contributed by atoms with Gasteiger partial charge in [0.15, 0.2) is 0 Å². The fourth-order valence-electron chi connectivity index (χ4n) is 10.0. The molecule has 2 nitrogen and oxygen atoms in total. The Morgan fingerprint density at radius 2 is 0.730 bits per heavy atom. The molecule has 0 amide bonds. The van der Waals surface area contributed by atoms with Gasteiger partial charge in [-0.3, -0.25) is 0 Å². The smallest absolute Gasteiger partial charge is 0.137 e. The number of furan rings is 1. The highest BCUT2D eigenvalue weighted by Crippen LogP contribution is 2.46. The van der Waals surface area contributed by atoms with Crippen molar-refractivity contribution in [3.63, 3.8) is 0 Å². The van der Waals surface area contributed by atoms with Crippen molar-refractivity contribution in [3.05, 3.63) is 224 Å². The second-order valence-corrected chi connectivity index (χ2v) is 17.4. The lowest BCUT2D eigenvalue weighted by molar-refractivity contribution is 0.669. The summed E-state index contributed by atoms with van der Waals surface area (Å²) in [6.07, 6.45) is 0. The van der Waals surface area contributed by atoms with Gasteiger partial charge in [0, 0.05) is 54.1 Å². The van der Waals surface area contributed by atoms with E-state index in [-0.39, 0.29) is 0 Å². The molecule has 0 N–H and O–H groups in total. The largest absolute Gasteiger partial charge is 0.456 e. The maximum absolute atomic E-state index is 6.53. The van der Waals surface area contributed by atoms with Crippen molar-refractivity contribution in [2.45, 2.75) is 0 Å². The van der Waals surface area contributed by atoms with Crippen molar-refractivity contribution < 1.29 is 4.42 Å². The molecule has 0 spiro atoms. The Hall–Kier alpha value is -7.98. The second-order valence-electron chi connectivity index (χ2n) is 16.4. The van der Waals surface area contributed by atoms with Crippen LogP contribution in [-0.2, 0) is 0 Å². The highest BCUT2D eigenvalue weighted by Gasteiger charge is 2.19. The van der Waals surface area contributed by atoms with Crippen LogP contribution >= 0.6 is 11.3 Å². The minimum atomic E-state index is 0.861. The standard InChI is InChI=1S/C60H37NOS/c1-2-14-38(15-3-1)39-26-28-40(29-27-39)61(42-31-33-50-49-21-10-12-24-55(49)62-56(50)37-42)41-30-32-48-46-19-7-5-17-44(46)43-16-4-6-18-45(43)47-20-8-9-22-51(47)59-52(54(48)36-41)34-35-58-60(59)53-23-11-13-25-57(53)63-58/h1-37H. The first kappa shape index (κ1) is 35.7. The van der Waals surface area contributed by atoms with Crippen LogP contribution in [0, 0.1) is 0 Å². The fourth-order valence-corrected chi connectivity index (χ4v) is 11.1. The summed E-state index contributed by atoms with van der Waals surface area (Å²) < 4.78 is 9.11. The second kappa shape index (κ2) is 14.3. The zero-order valence-electron chi connectivity index (χ0n) is 34.1. The van der Waals surface area contributed by atoms with E-state index in [4.69, 9.17) is 4.42 Å². The van der Waals surface area contributed by atoms with Crippen LogP contribution in [-0.4, -0.2) is 0 Å². The van der Waals surface area contributed by atoms with E-state index in [0.717, 1.165) is 39.0 Å². The van der Waals surface area contributed by atoms with E-state index in [1.807, 2.05) is 17.4 Å². The topological polar surface area (TPSA) is 16.4 Å². The molecule has 0 saturated carbocycles. The molecule has 0 atom stereocenters. The SMILES string of the molecule is c1ccc(-c2ccc(N(c3ccc4c(c3)oc3ccccc34)c3ccc4c5ccccc5c5ccccc5c5ccccc5c5c(ccc6sc7ccccc7c65)c4c3)cc2)cc1. The van der Waals surface area contributed by atoms with Gasteiger partial charge in [-0.25, -0.2) is 0 Å². The molecule has 0 unspecified atom stereocenters. The molecule has 11 aromatic carbocycles. The first-order valence-electron chi connectivity index (χ1n) is 21.5. The van der Waals surface area contributed by atoms with Crippen LogP contribution < -0.4 is 4.90 Å². The third-order valence-corrected chi connectivity index (χ3v) is 14.0. The molecule has 0 aliphatic rings. The maximum atomic E-state index is 6.53. The van der Waals surface area contributed by atoms with E-state index in [2.05, 4.69) is 223 Å². The summed E-state index contributed by atoms with van der Waals surface area (Å²) in [6, 6.07) is 82.1. The first-order chi connectivity index (χ1) is 31.2. The van der Waals surface area contributed by atoms with Crippen LogP contribution in [0.4, 0.5) is 17.1 Å². The number of para-hydroxylation sites is 1. The average molecular weight is 820 g/mol. The highest BCUT2D eigenvalue weighted by atomic mass is 32.1. The molecule has 0 radical (unpaired) electrons. The molecular formula is C60H37NOS. The third kappa shape index (κ3) is 5.71. The molecule has 0 bridgehead atoms. The van der Waals surface area contributed by atoms with Gasteiger partial charge in [-0.1, -0.05) is 164 Å². The van der Waals surface area contributed by atoms with Gasteiger partial charge in [-0.2, -0.15) is 0 Å². The minimum absolute atomic E-state index is 0.861. The Bertz CT molecular complexity index is 4030. The number of benzene rings is 10. The summed E-state index contributed by atoms with van der Waals surface area (Å²) in [6.45, 7) is 0. The Morgan fingerprint density at radius 1 is 0.270 bits per heavy atom. The van der Waals surface area contributed by atoms with Crippen LogP contribution in [0.25, 0.3) is 107 Å². The molecule has 0 aliphatic carbocycles. The predicted molar refractivity (Wildman–Crippen MR) is 272 cm³/mol. The van der Waals surface area contributed by atoms with Crippen molar-refractivity contribution in [2.24, 2.45) is 0 Å². The number of hydrogen-bond acceptors (Lipinski definition) is 3. The van der Waals surface area contributed by atoms with E-state index >= 15 is 0 Å². The van der Waals surface area contributed by atoms with Gasteiger partial charge in [0.1, 0.15) is 11.2 Å². The Balaban J connectivity index is 1.19. The molecule has 2 aromatic heterocycles.